The lowest BCUT2D eigenvalue weighted by molar-refractivity contribution is 0.0532. The van der Waals surface area contributed by atoms with Gasteiger partial charge in [-0.15, -0.1) is 0 Å². The number of rotatable bonds is 5. The standard InChI is InChI=1S/C14H30O/c1-13(2,3)11-9-7-8-10-12(15)14(4,5)6/h12,15H,7-11H2,1-6H3. The van der Waals surface area contributed by atoms with Crippen molar-refractivity contribution in [3.63, 3.8) is 0 Å². The van der Waals surface area contributed by atoms with Crippen LogP contribution in [0.5, 0.6) is 0 Å². The molecule has 0 heterocycles. The molecule has 0 saturated carbocycles. The molecule has 0 aliphatic rings. The molecular formula is C14H30O. The van der Waals surface area contributed by atoms with Crippen LogP contribution in [0.2, 0.25) is 0 Å². The highest BCUT2D eigenvalue weighted by Crippen LogP contribution is 2.25. The molecule has 0 aliphatic carbocycles. The summed E-state index contributed by atoms with van der Waals surface area (Å²) in [7, 11) is 0. The van der Waals surface area contributed by atoms with Crippen LogP contribution in [0, 0.1) is 10.8 Å². The molecule has 0 saturated heterocycles. The summed E-state index contributed by atoms with van der Waals surface area (Å²) in [4.78, 5) is 0. The fraction of sp³-hybridized carbons (Fsp3) is 1.00. The van der Waals surface area contributed by atoms with Crippen molar-refractivity contribution in [1.82, 2.24) is 0 Å². The van der Waals surface area contributed by atoms with E-state index in [0.717, 1.165) is 12.8 Å². The molecule has 1 nitrogen and oxygen atoms in total. The lowest BCUT2D eigenvalue weighted by Crippen LogP contribution is -2.25. The van der Waals surface area contributed by atoms with Crippen LogP contribution in [0.1, 0.15) is 73.6 Å². The molecule has 0 amide bonds. The van der Waals surface area contributed by atoms with E-state index < -0.39 is 0 Å². The van der Waals surface area contributed by atoms with E-state index in [1.54, 1.807) is 0 Å². The molecular weight excluding hydrogens is 184 g/mol. The number of aliphatic hydroxyl groups excluding tert-OH is 1. The van der Waals surface area contributed by atoms with Crippen LogP contribution in [0.3, 0.4) is 0 Å². The second-order valence-electron chi connectivity index (χ2n) is 7.04. The molecule has 0 aromatic rings. The van der Waals surface area contributed by atoms with Crippen molar-refractivity contribution in [2.24, 2.45) is 10.8 Å². The minimum Gasteiger partial charge on any atom is -0.393 e. The Morgan fingerprint density at radius 3 is 1.80 bits per heavy atom. The molecule has 1 unspecified atom stereocenters. The first-order chi connectivity index (χ1) is 6.63. The zero-order valence-electron chi connectivity index (χ0n) is 11.6. The van der Waals surface area contributed by atoms with E-state index in [1.165, 1.54) is 19.3 Å². The molecule has 0 spiro atoms. The maximum Gasteiger partial charge on any atom is 0.0588 e. The molecule has 0 radical (unpaired) electrons. The van der Waals surface area contributed by atoms with Gasteiger partial charge in [0.2, 0.25) is 0 Å². The van der Waals surface area contributed by atoms with Gasteiger partial charge in [0.05, 0.1) is 6.10 Å². The van der Waals surface area contributed by atoms with Gasteiger partial charge in [-0.1, -0.05) is 60.8 Å². The highest BCUT2D eigenvalue weighted by molar-refractivity contribution is 4.72. The van der Waals surface area contributed by atoms with Crippen LogP contribution in [-0.4, -0.2) is 11.2 Å². The van der Waals surface area contributed by atoms with E-state index in [0.29, 0.717) is 5.41 Å². The second-order valence-corrected chi connectivity index (χ2v) is 7.04. The predicted octanol–water partition coefficient (Wildman–Crippen LogP) is 4.39. The summed E-state index contributed by atoms with van der Waals surface area (Å²) in [5.74, 6) is 0. The van der Waals surface area contributed by atoms with E-state index in [2.05, 4.69) is 41.5 Å². The summed E-state index contributed by atoms with van der Waals surface area (Å²) < 4.78 is 0. The zero-order chi connectivity index (χ0) is 12.1. The molecule has 1 N–H and O–H groups in total. The minimum atomic E-state index is -0.146. The Hall–Kier alpha value is -0.0400. The van der Waals surface area contributed by atoms with Crippen molar-refractivity contribution in [3.8, 4) is 0 Å². The van der Waals surface area contributed by atoms with E-state index in [4.69, 9.17) is 0 Å². The van der Waals surface area contributed by atoms with Crippen molar-refractivity contribution < 1.29 is 5.11 Å². The molecule has 1 atom stereocenters. The molecule has 0 rings (SSSR count). The van der Waals surface area contributed by atoms with Gasteiger partial charge < -0.3 is 5.11 Å². The van der Waals surface area contributed by atoms with Gasteiger partial charge in [0.15, 0.2) is 0 Å². The number of aliphatic hydroxyl groups is 1. The van der Waals surface area contributed by atoms with Gasteiger partial charge in [0.25, 0.3) is 0 Å². The quantitative estimate of drug-likeness (QED) is 0.673. The Morgan fingerprint density at radius 1 is 0.867 bits per heavy atom. The topological polar surface area (TPSA) is 20.2 Å². The largest absolute Gasteiger partial charge is 0.393 e. The smallest absolute Gasteiger partial charge is 0.0588 e. The third-order valence-corrected chi connectivity index (χ3v) is 2.90. The normalized spacial score (nSPS) is 15.4. The second kappa shape index (κ2) is 5.89. The SMILES string of the molecule is CC(C)(C)CCCCCC(O)C(C)(C)C. The predicted molar refractivity (Wildman–Crippen MR) is 68.0 cm³/mol. The Morgan fingerprint density at radius 2 is 1.40 bits per heavy atom. The molecule has 0 bridgehead atoms. The molecule has 1 heteroatoms. The Balaban J connectivity index is 3.48. The maximum atomic E-state index is 9.84. The van der Waals surface area contributed by atoms with Crippen LogP contribution >= 0.6 is 0 Å². The average Bonchev–Trinajstić information content (AvgIpc) is 1.99. The van der Waals surface area contributed by atoms with Gasteiger partial charge in [-0.25, -0.2) is 0 Å². The highest BCUT2D eigenvalue weighted by atomic mass is 16.3. The maximum absolute atomic E-state index is 9.84. The van der Waals surface area contributed by atoms with Gasteiger partial charge in [0.1, 0.15) is 0 Å². The monoisotopic (exact) mass is 214 g/mol. The van der Waals surface area contributed by atoms with Gasteiger partial charge in [0, 0.05) is 0 Å². The van der Waals surface area contributed by atoms with E-state index in [1.807, 2.05) is 0 Å². The van der Waals surface area contributed by atoms with Crippen molar-refractivity contribution >= 4 is 0 Å². The Labute approximate surface area is 96.3 Å². The summed E-state index contributed by atoms with van der Waals surface area (Å²) in [6.45, 7) is 13.2. The number of unbranched alkanes of at least 4 members (excludes halogenated alkanes) is 2. The fourth-order valence-corrected chi connectivity index (χ4v) is 1.60. The summed E-state index contributed by atoms with van der Waals surface area (Å²) in [6, 6.07) is 0. The van der Waals surface area contributed by atoms with Crippen molar-refractivity contribution in [2.75, 3.05) is 0 Å². The molecule has 0 aromatic heterocycles. The summed E-state index contributed by atoms with van der Waals surface area (Å²) in [5, 5.41) is 9.84. The first-order valence-electron chi connectivity index (χ1n) is 6.31. The summed E-state index contributed by atoms with van der Waals surface area (Å²) in [5.41, 5.74) is 0.507. The van der Waals surface area contributed by atoms with Crippen LogP contribution in [-0.2, 0) is 0 Å². The first-order valence-corrected chi connectivity index (χ1v) is 6.31. The highest BCUT2D eigenvalue weighted by Gasteiger charge is 2.21. The lowest BCUT2D eigenvalue weighted by Gasteiger charge is -2.26. The van der Waals surface area contributed by atoms with Gasteiger partial charge in [-0.3, -0.25) is 0 Å². The number of hydrogen-bond acceptors (Lipinski definition) is 1. The Kier molecular flexibility index (Phi) is 5.87. The van der Waals surface area contributed by atoms with Crippen molar-refractivity contribution in [2.45, 2.75) is 79.8 Å². The third-order valence-electron chi connectivity index (χ3n) is 2.90. The third kappa shape index (κ3) is 8.92. The molecule has 0 fully saturated rings. The summed E-state index contributed by atoms with van der Waals surface area (Å²) >= 11 is 0. The van der Waals surface area contributed by atoms with Crippen LogP contribution in [0.25, 0.3) is 0 Å². The minimum absolute atomic E-state index is 0.0457. The molecule has 15 heavy (non-hydrogen) atoms. The lowest BCUT2D eigenvalue weighted by atomic mass is 9.85. The average molecular weight is 214 g/mol. The van der Waals surface area contributed by atoms with Crippen molar-refractivity contribution in [1.29, 1.82) is 0 Å². The molecule has 0 aliphatic heterocycles. The molecule has 92 valence electrons. The van der Waals surface area contributed by atoms with Gasteiger partial charge in [-0.05, 0) is 23.7 Å². The molecule has 0 aromatic carbocycles. The zero-order valence-corrected chi connectivity index (χ0v) is 11.6. The summed E-state index contributed by atoms with van der Waals surface area (Å²) in [6.07, 6.45) is 5.80. The Bertz CT molecular complexity index is 159. The van der Waals surface area contributed by atoms with Crippen LogP contribution in [0.15, 0.2) is 0 Å². The van der Waals surface area contributed by atoms with E-state index >= 15 is 0 Å². The van der Waals surface area contributed by atoms with Gasteiger partial charge >= 0.3 is 0 Å². The van der Waals surface area contributed by atoms with Gasteiger partial charge in [-0.2, -0.15) is 0 Å². The van der Waals surface area contributed by atoms with Crippen molar-refractivity contribution in [3.05, 3.63) is 0 Å². The van der Waals surface area contributed by atoms with E-state index in [-0.39, 0.29) is 11.5 Å². The van der Waals surface area contributed by atoms with E-state index in [9.17, 15) is 5.11 Å². The van der Waals surface area contributed by atoms with Crippen LogP contribution < -0.4 is 0 Å². The van der Waals surface area contributed by atoms with Crippen LogP contribution in [0.4, 0.5) is 0 Å². The number of hydrogen-bond donors (Lipinski definition) is 1. The fourth-order valence-electron chi connectivity index (χ4n) is 1.60. The first kappa shape index (κ1) is 15.0.